The fourth-order valence-corrected chi connectivity index (χ4v) is 4.45. The summed E-state index contributed by atoms with van der Waals surface area (Å²) in [5.74, 6) is -0.419. The third kappa shape index (κ3) is 5.38. The minimum Gasteiger partial charge on any atom is -0.343 e. The number of aromatic nitrogens is 2. The van der Waals surface area contributed by atoms with Crippen LogP contribution in [0, 0.1) is 13.8 Å². The van der Waals surface area contributed by atoms with E-state index in [9.17, 15) is 9.59 Å². The molecule has 0 aliphatic rings. The predicted octanol–water partition coefficient (Wildman–Crippen LogP) is 4.61. The molecule has 33 heavy (non-hydrogen) atoms. The van der Waals surface area contributed by atoms with E-state index in [0.29, 0.717) is 12.1 Å². The molecule has 0 unspecified atom stereocenters. The summed E-state index contributed by atoms with van der Waals surface area (Å²) in [6.45, 7) is 4.22. The maximum absolute atomic E-state index is 12.8. The second-order valence-corrected chi connectivity index (χ2v) is 9.02. The molecule has 0 fully saturated rings. The van der Waals surface area contributed by atoms with Crippen molar-refractivity contribution in [3.8, 4) is 16.3 Å². The number of thiophene rings is 1. The highest BCUT2D eigenvalue weighted by atomic mass is 32.1. The molecule has 0 atom stereocenters. The summed E-state index contributed by atoms with van der Waals surface area (Å²) in [6, 6.07) is 19.6. The van der Waals surface area contributed by atoms with Crippen molar-refractivity contribution in [1.82, 2.24) is 20.0 Å². The van der Waals surface area contributed by atoms with Gasteiger partial charge in [-0.3, -0.25) is 9.59 Å². The monoisotopic (exact) mass is 458 g/mol. The van der Waals surface area contributed by atoms with Crippen molar-refractivity contribution in [1.29, 1.82) is 0 Å². The van der Waals surface area contributed by atoms with Crippen molar-refractivity contribution in [2.75, 3.05) is 13.6 Å². The number of amides is 2. The maximum atomic E-state index is 12.8. The number of carbonyl (C=O) groups is 2. The number of nitrogens with one attached hydrogen (secondary N) is 1. The van der Waals surface area contributed by atoms with Crippen LogP contribution in [-0.2, 0) is 11.3 Å². The normalized spacial score (nSPS) is 10.8. The van der Waals surface area contributed by atoms with Gasteiger partial charge in [-0.2, -0.15) is 5.10 Å². The Kier molecular flexibility index (Phi) is 6.70. The van der Waals surface area contributed by atoms with E-state index >= 15 is 0 Å². The first-order chi connectivity index (χ1) is 15.9. The third-order valence-corrected chi connectivity index (χ3v) is 6.16. The summed E-state index contributed by atoms with van der Waals surface area (Å²) in [5.41, 5.74) is 5.34. The highest BCUT2D eigenvalue weighted by Crippen LogP contribution is 2.28. The van der Waals surface area contributed by atoms with Gasteiger partial charge >= 0.3 is 0 Å². The minimum atomic E-state index is -0.250. The molecule has 0 aliphatic carbocycles. The number of hydrogen-bond acceptors (Lipinski definition) is 4. The van der Waals surface area contributed by atoms with Gasteiger partial charge in [0.1, 0.15) is 5.69 Å². The first kappa shape index (κ1) is 22.5. The smallest absolute Gasteiger partial charge is 0.251 e. The maximum Gasteiger partial charge on any atom is 0.251 e. The third-order valence-electron chi connectivity index (χ3n) is 5.28. The Labute approximate surface area is 197 Å². The molecule has 0 aliphatic heterocycles. The summed E-state index contributed by atoms with van der Waals surface area (Å²) < 4.78 is 1.84. The number of aryl methyl sites for hydroxylation is 2. The highest BCUT2D eigenvalue weighted by Gasteiger charge is 2.18. The van der Waals surface area contributed by atoms with Crippen LogP contribution in [0.15, 0.2) is 72.2 Å². The molecule has 2 amide bonds. The van der Waals surface area contributed by atoms with Crippen LogP contribution in [0.1, 0.15) is 27.0 Å². The van der Waals surface area contributed by atoms with E-state index in [4.69, 9.17) is 5.10 Å². The second kappa shape index (κ2) is 9.83. The molecule has 2 aromatic heterocycles. The molecular formula is C26H26N4O2S. The molecule has 4 rings (SSSR count). The molecule has 0 radical (unpaired) electrons. The number of nitrogens with zero attached hydrogens (tertiary/aromatic N) is 3. The van der Waals surface area contributed by atoms with E-state index in [1.807, 2.05) is 90.8 Å². The number of hydrogen-bond donors (Lipinski definition) is 1. The SMILES string of the molecule is Cc1cc(C)cc(C(=O)NCC(=O)N(C)Cc2cn(-c3ccccc3)nc2-c2cccs2)c1. The van der Waals surface area contributed by atoms with Crippen LogP contribution >= 0.6 is 11.3 Å². The Bertz CT molecular complexity index is 1240. The van der Waals surface area contributed by atoms with Gasteiger partial charge in [-0.25, -0.2) is 4.68 Å². The Morgan fingerprint density at radius 3 is 2.42 bits per heavy atom. The van der Waals surface area contributed by atoms with Gasteiger partial charge in [0.05, 0.1) is 17.1 Å². The second-order valence-electron chi connectivity index (χ2n) is 8.07. The van der Waals surface area contributed by atoms with E-state index < -0.39 is 0 Å². The largest absolute Gasteiger partial charge is 0.343 e. The van der Waals surface area contributed by atoms with E-state index in [1.54, 1.807) is 23.3 Å². The van der Waals surface area contributed by atoms with Crippen LogP contribution in [0.3, 0.4) is 0 Å². The first-order valence-electron chi connectivity index (χ1n) is 10.7. The Balaban J connectivity index is 1.47. The first-order valence-corrected chi connectivity index (χ1v) is 11.6. The number of likely N-dealkylation sites (N-methyl/N-ethyl adjacent to an activating group) is 1. The van der Waals surface area contributed by atoms with Gasteiger partial charge in [0.25, 0.3) is 5.91 Å². The molecular weight excluding hydrogens is 432 g/mol. The van der Waals surface area contributed by atoms with Crippen molar-refractivity contribution >= 4 is 23.2 Å². The van der Waals surface area contributed by atoms with Crippen LogP contribution < -0.4 is 5.32 Å². The van der Waals surface area contributed by atoms with Crippen LogP contribution in [0.5, 0.6) is 0 Å². The topological polar surface area (TPSA) is 67.2 Å². The van der Waals surface area contributed by atoms with E-state index in [1.165, 1.54) is 0 Å². The van der Waals surface area contributed by atoms with E-state index in [2.05, 4.69) is 5.32 Å². The van der Waals surface area contributed by atoms with Crippen molar-refractivity contribution < 1.29 is 9.59 Å². The fraction of sp³-hybridized carbons (Fsp3) is 0.192. The highest BCUT2D eigenvalue weighted by molar-refractivity contribution is 7.13. The zero-order valence-corrected chi connectivity index (χ0v) is 19.7. The van der Waals surface area contributed by atoms with Crippen LogP contribution in [0.4, 0.5) is 0 Å². The van der Waals surface area contributed by atoms with Gasteiger partial charge in [0.2, 0.25) is 5.91 Å². The Hall–Kier alpha value is -3.71. The molecule has 7 heteroatoms. The predicted molar refractivity (Wildman–Crippen MR) is 132 cm³/mol. The summed E-state index contributed by atoms with van der Waals surface area (Å²) in [7, 11) is 1.74. The molecule has 168 valence electrons. The summed E-state index contributed by atoms with van der Waals surface area (Å²) in [6.07, 6.45) is 1.96. The molecule has 4 aromatic rings. The molecule has 0 spiro atoms. The van der Waals surface area contributed by atoms with E-state index in [0.717, 1.165) is 32.9 Å². The zero-order valence-electron chi connectivity index (χ0n) is 18.9. The lowest BCUT2D eigenvalue weighted by Crippen LogP contribution is -2.37. The minimum absolute atomic E-state index is 0.0660. The summed E-state index contributed by atoms with van der Waals surface area (Å²) in [5, 5.41) is 9.54. The van der Waals surface area contributed by atoms with Crippen molar-refractivity contribution in [2.24, 2.45) is 0 Å². The van der Waals surface area contributed by atoms with Gasteiger partial charge in [-0.15, -0.1) is 11.3 Å². The van der Waals surface area contributed by atoms with Gasteiger partial charge < -0.3 is 10.2 Å². The van der Waals surface area contributed by atoms with Gasteiger partial charge in [0.15, 0.2) is 0 Å². The van der Waals surface area contributed by atoms with Crippen LogP contribution in [-0.4, -0.2) is 40.1 Å². The van der Waals surface area contributed by atoms with Crippen LogP contribution in [0.2, 0.25) is 0 Å². The molecule has 1 N–H and O–H groups in total. The summed E-state index contributed by atoms with van der Waals surface area (Å²) >= 11 is 1.61. The van der Waals surface area contributed by atoms with Crippen molar-refractivity contribution in [3.05, 3.63) is 94.5 Å². The zero-order chi connectivity index (χ0) is 23.4. The molecule has 2 heterocycles. The molecule has 2 aromatic carbocycles. The quantitative estimate of drug-likeness (QED) is 0.440. The molecule has 0 saturated carbocycles. The lowest BCUT2D eigenvalue weighted by molar-refractivity contribution is -0.129. The number of benzene rings is 2. The average molecular weight is 459 g/mol. The van der Waals surface area contributed by atoms with Gasteiger partial charge in [-0.1, -0.05) is 41.5 Å². The Morgan fingerprint density at radius 1 is 1.03 bits per heavy atom. The fourth-order valence-electron chi connectivity index (χ4n) is 3.70. The number of rotatable bonds is 7. The lowest BCUT2D eigenvalue weighted by Gasteiger charge is -2.17. The number of para-hydroxylation sites is 1. The van der Waals surface area contributed by atoms with Crippen molar-refractivity contribution in [3.63, 3.8) is 0 Å². The standard InChI is InChI=1S/C26H26N4O2S/c1-18-12-19(2)14-20(13-18)26(32)27-15-24(31)29(3)16-21-17-30(22-8-5-4-6-9-22)28-25(21)23-10-7-11-33-23/h4-14,17H,15-16H2,1-3H3,(H,27,32). The van der Waals surface area contributed by atoms with Gasteiger partial charge in [0, 0.05) is 30.9 Å². The summed E-state index contributed by atoms with van der Waals surface area (Å²) in [4.78, 5) is 27.9. The lowest BCUT2D eigenvalue weighted by atomic mass is 10.1. The molecule has 6 nitrogen and oxygen atoms in total. The van der Waals surface area contributed by atoms with Crippen molar-refractivity contribution in [2.45, 2.75) is 20.4 Å². The van der Waals surface area contributed by atoms with Crippen LogP contribution in [0.25, 0.3) is 16.3 Å². The van der Waals surface area contributed by atoms with E-state index in [-0.39, 0.29) is 18.4 Å². The Morgan fingerprint density at radius 2 is 1.76 bits per heavy atom. The van der Waals surface area contributed by atoms with Gasteiger partial charge in [-0.05, 0) is 49.6 Å². The molecule has 0 bridgehead atoms. The average Bonchev–Trinajstić information content (AvgIpc) is 3.47. The number of carbonyl (C=O) groups excluding carboxylic acids is 2. The molecule has 0 saturated heterocycles.